The van der Waals surface area contributed by atoms with Gasteiger partial charge in [-0.15, -0.1) is 0 Å². The highest BCUT2D eigenvalue weighted by molar-refractivity contribution is 5.79. The number of nitrogens with zero attached hydrogens (tertiary/aromatic N) is 4. The van der Waals surface area contributed by atoms with Crippen LogP contribution in [0.25, 0.3) is 0 Å². The topological polar surface area (TPSA) is 39.7 Å². The van der Waals surface area contributed by atoms with Crippen LogP contribution in [-0.2, 0) is 11.2 Å². The van der Waals surface area contributed by atoms with E-state index in [1.807, 2.05) is 0 Å². The lowest BCUT2D eigenvalue weighted by molar-refractivity contribution is -0.129. The average Bonchev–Trinajstić information content (AvgIpc) is 3.02. The Morgan fingerprint density at radius 3 is 2.60 bits per heavy atom. The SMILES string of the molecule is CC(C)N1CCC(N(C)c2ccc3c(n2)CCN2C(=O)CCC32)CC1. The van der Waals surface area contributed by atoms with Gasteiger partial charge in [0.05, 0.1) is 6.04 Å². The summed E-state index contributed by atoms with van der Waals surface area (Å²) in [5.41, 5.74) is 2.49. The summed E-state index contributed by atoms with van der Waals surface area (Å²) in [4.78, 5) is 24.0. The van der Waals surface area contributed by atoms with Crippen molar-refractivity contribution in [1.82, 2.24) is 14.8 Å². The Morgan fingerprint density at radius 1 is 1.12 bits per heavy atom. The predicted octanol–water partition coefficient (Wildman–Crippen LogP) is 2.61. The number of anilines is 1. The number of rotatable bonds is 3. The van der Waals surface area contributed by atoms with E-state index in [0.717, 1.165) is 25.2 Å². The van der Waals surface area contributed by atoms with Crippen LogP contribution in [0.2, 0.25) is 0 Å². The number of carbonyl (C=O) groups excluding carboxylic acids is 1. The van der Waals surface area contributed by atoms with Crippen LogP contribution >= 0.6 is 0 Å². The minimum Gasteiger partial charge on any atom is -0.357 e. The van der Waals surface area contributed by atoms with E-state index in [2.05, 4.69) is 47.7 Å². The first-order chi connectivity index (χ1) is 12.0. The van der Waals surface area contributed by atoms with Gasteiger partial charge in [-0.2, -0.15) is 0 Å². The lowest BCUT2D eigenvalue weighted by Crippen LogP contribution is -2.46. The monoisotopic (exact) mass is 342 g/mol. The van der Waals surface area contributed by atoms with E-state index in [9.17, 15) is 4.79 Å². The Hall–Kier alpha value is -1.62. The molecule has 4 rings (SSSR count). The number of pyridine rings is 1. The van der Waals surface area contributed by atoms with Crippen LogP contribution < -0.4 is 4.90 Å². The zero-order valence-corrected chi connectivity index (χ0v) is 15.7. The second-order valence-electron chi connectivity index (χ2n) is 8.07. The molecule has 1 atom stereocenters. The second kappa shape index (κ2) is 6.60. The fourth-order valence-electron chi connectivity index (χ4n) is 4.74. The van der Waals surface area contributed by atoms with Crippen LogP contribution in [0.15, 0.2) is 12.1 Å². The summed E-state index contributed by atoms with van der Waals surface area (Å²) in [5, 5.41) is 0. The highest BCUT2D eigenvalue weighted by Crippen LogP contribution is 2.38. The van der Waals surface area contributed by atoms with Crippen molar-refractivity contribution in [1.29, 1.82) is 0 Å². The summed E-state index contributed by atoms with van der Waals surface area (Å²) in [7, 11) is 2.19. The van der Waals surface area contributed by atoms with E-state index < -0.39 is 0 Å². The van der Waals surface area contributed by atoms with E-state index in [4.69, 9.17) is 4.98 Å². The van der Waals surface area contributed by atoms with Crippen LogP contribution in [0.3, 0.4) is 0 Å². The fourth-order valence-corrected chi connectivity index (χ4v) is 4.74. The van der Waals surface area contributed by atoms with Crippen LogP contribution in [0.4, 0.5) is 5.82 Å². The van der Waals surface area contributed by atoms with Crippen molar-refractivity contribution in [2.75, 3.05) is 31.6 Å². The third kappa shape index (κ3) is 3.03. The largest absolute Gasteiger partial charge is 0.357 e. The van der Waals surface area contributed by atoms with Gasteiger partial charge in [0.2, 0.25) is 5.91 Å². The number of likely N-dealkylation sites (tertiary alicyclic amines) is 1. The van der Waals surface area contributed by atoms with Crippen molar-refractivity contribution in [3.63, 3.8) is 0 Å². The summed E-state index contributed by atoms with van der Waals surface area (Å²) in [5.74, 6) is 1.41. The van der Waals surface area contributed by atoms with Gasteiger partial charge >= 0.3 is 0 Å². The van der Waals surface area contributed by atoms with Gasteiger partial charge < -0.3 is 14.7 Å². The maximum Gasteiger partial charge on any atom is 0.223 e. The molecule has 1 aromatic heterocycles. The smallest absolute Gasteiger partial charge is 0.223 e. The Kier molecular flexibility index (Phi) is 4.44. The molecule has 4 heterocycles. The number of hydrogen-bond acceptors (Lipinski definition) is 4. The summed E-state index contributed by atoms with van der Waals surface area (Å²) in [6.07, 6.45) is 4.96. The zero-order chi connectivity index (χ0) is 17.6. The first-order valence-corrected chi connectivity index (χ1v) is 9.80. The Morgan fingerprint density at radius 2 is 1.88 bits per heavy atom. The minimum atomic E-state index is 0.275. The van der Waals surface area contributed by atoms with E-state index in [1.165, 1.54) is 37.2 Å². The molecule has 0 N–H and O–H groups in total. The lowest BCUT2D eigenvalue weighted by atomic mass is 9.97. The molecule has 1 unspecified atom stereocenters. The van der Waals surface area contributed by atoms with E-state index in [1.54, 1.807) is 0 Å². The molecule has 5 nitrogen and oxygen atoms in total. The maximum atomic E-state index is 12.0. The van der Waals surface area contributed by atoms with Gasteiger partial charge in [-0.25, -0.2) is 4.98 Å². The van der Waals surface area contributed by atoms with Crippen molar-refractivity contribution < 1.29 is 4.79 Å². The molecule has 0 spiro atoms. The first-order valence-electron chi connectivity index (χ1n) is 9.80. The van der Waals surface area contributed by atoms with Crippen molar-refractivity contribution in [2.24, 2.45) is 0 Å². The summed E-state index contributed by atoms with van der Waals surface area (Å²) < 4.78 is 0. The summed E-state index contributed by atoms with van der Waals surface area (Å²) in [6.45, 7) is 7.76. The van der Waals surface area contributed by atoms with E-state index >= 15 is 0 Å². The van der Waals surface area contributed by atoms with Crippen molar-refractivity contribution in [3.8, 4) is 0 Å². The molecule has 3 aliphatic heterocycles. The molecule has 136 valence electrons. The number of piperidine rings is 1. The number of fused-ring (bicyclic) bond motifs is 3. The van der Waals surface area contributed by atoms with Gasteiger partial charge in [0, 0.05) is 57.3 Å². The lowest BCUT2D eigenvalue weighted by Gasteiger charge is -2.39. The highest BCUT2D eigenvalue weighted by Gasteiger charge is 2.36. The van der Waals surface area contributed by atoms with Gasteiger partial charge in [0.1, 0.15) is 5.82 Å². The number of hydrogen-bond donors (Lipinski definition) is 0. The van der Waals surface area contributed by atoms with E-state index in [-0.39, 0.29) is 6.04 Å². The van der Waals surface area contributed by atoms with Crippen molar-refractivity contribution >= 4 is 11.7 Å². The third-order valence-corrected chi connectivity index (χ3v) is 6.41. The van der Waals surface area contributed by atoms with Gasteiger partial charge in [0.15, 0.2) is 0 Å². The quantitative estimate of drug-likeness (QED) is 0.846. The highest BCUT2D eigenvalue weighted by atomic mass is 16.2. The molecular weight excluding hydrogens is 312 g/mol. The molecule has 25 heavy (non-hydrogen) atoms. The molecule has 1 amide bonds. The molecule has 2 saturated heterocycles. The van der Waals surface area contributed by atoms with Crippen molar-refractivity contribution in [2.45, 2.75) is 64.1 Å². The van der Waals surface area contributed by atoms with E-state index in [0.29, 0.717) is 24.4 Å². The standard InChI is InChI=1S/C20H30N4O/c1-14(2)23-11-8-15(9-12-23)22(3)19-6-4-16-17(21-19)10-13-24-18(16)5-7-20(24)25/h4,6,14-15,18H,5,7-13H2,1-3H3. The minimum absolute atomic E-state index is 0.275. The van der Waals surface area contributed by atoms with Gasteiger partial charge in [-0.05, 0) is 44.7 Å². The van der Waals surface area contributed by atoms with Crippen LogP contribution in [0.1, 0.15) is 56.8 Å². The molecule has 0 aliphatic carbocycles. The molecule has 2 fully saturated rings. The molecular formula is C20H30N4O. The van der Waals surface area contributed by atoms with Crippen LogP contribution in [0.5, 0.6) is 0 Å². The Balaban J connectivity index is 1.48. The maximum absolute atomic E-state index is 12.0. The number of carbonyl (C=O) groups is 1. The average molecular weight is 342 g/mol. The molecule has 0 radical (unpaired) electrons. The second-order valence-corrected chi connectivity index (χ2v) is 8.07. The zero-order valence-electron chi connectivity index (χ0n) is 15.7. The molecule has 1 aromatic rings. The fraction of sp³-hybridized carbons (Fsp3) is 0.700. The Labute approximate surface area is 151 Å². The van der Waals surface area contributed by atoms with Gasteiger partial charge in [-0.3, -0.25) is 4.79 Å². The third-order valence-electron chi connectivity index (χ3n) is 6.41. The molecule has 0 saturated carbocycles. The van der Waals surface area contributed by atoms with Crippen LogP contribution in [0, 0.1) is 0 Å². The van der Waals surface area contributed by atoms with Gasteiger partial charge in [0.25, 0.3) is 0 Å². The molecule has 0 aromatic carbocycles. The normalized spacial score (nSPS) is 24.6. The van der Waals surface area contributed by atoms with Crippen molar-refractivity contribution in [3.05, 3.63) is 23.4 Å². The summed E-state index contributed by atoms with van der Waals surface area (Å²) in [6, 6.07) is 5.89. The predicted molar refractivity (Wildman–Crippen MR) is 99.8 cm³/mol. The summed E-state index contributed by atoms with van der Waals surface area (Å²) >= 11 is 0. The number of aromatic nitrogens is 1. The molecule has 5 heteroatoms. The van der Waals surface area contributed by atoms with Crippen LogP contribution in [-0.4, -0.2) is 59.5 Å². The first kappa shape index (κ1) is 16.8. The molecule has 3 aliphatic rings. The molecule has 0 bridgehead atoms. The van der Waals surface area contributed by atoms with Gasteiger partial charge in [-0.1, -0.05) is 6.07 Å². The number of amides is 1. The Bertz CT molecular complexity index is 651.